The molecule has 152 valence electrons. The van der Waals surface area contributed by atoms with Gasteiger partial charge >= 0.3 is 180 Å². The Kier molecular flexibility index (Phi) is 7.93. The third-order valence-corrected chi connectivity index (χ3v) is 7.08. The molecule has 1 rings (SSSR count). The molecule has 2 heteroatoms. The average molecular weight is 397 g/mol. The fourth-order valence-corrected chi connectivity index (χ4v) is 3.64. The number of benzene rings is 1. The molecule has 1 atom stereocenters. The van der Waals surface area contributed by atoms with Crippen LogP contribution in [0.15, 0.2) is 47.1 Å². The molecule has 0 aliphatic heterocycles. The zero-order valence-corrected chi connectivity index (χ0v) is 20.5. The van der Waals surface area contributed by atoms with Crippen LogP contribution in [0.1, 0.15) is 78.5 Å². The van der Waals surface area contributed by atoms with Gasteiger partial charge in [0, 0.05) is 0 Å². The first-order valence-corrected chi connectivity index (χ1v) is 10.5. The molecular formula is C26H38BCl. The van der Waals surface area contributed by atoms with Gasteiger partial charge in [-0.05, 0) is 0 Å². The fourth-order valence-electron chi connectivity index (χ4n) is 3.37. The Morgan fingerprint density at radius 3 is 2.04 bits per heavy atom. The van der Waals surface area contributed by atoms with E-state index in [-0.39, 0.29) is 10.8 Å². The maximum atomic E-state index is 6.56. The molecule has 0 fully saturated rings. The number of halogens is 1. The van der Waals surface area contributed by atoms with Crippen LogP contribution in [-0.4, -0.2) is 13.0 Å². The maximum absolute atomic E-state index is 6.56. The van der Waals surface area contributed by atoms with Gasteiger partial charge < -0.3 is 0 Å². The molecule has 1 unspecified atom stereocenters. The van der Waals surface area contributed by atoms with Crippen molar-refractivity contribution in [2.75, 3.05) is 0 Å². The predicted molar refractivity (Wildman–Crippen MR) is 131 cm³/mol. The van der Waals surface area contributed by atoms with Gasteiger partial charge in [0.25, 0.3) is 0 Å². The fraction of sp³-hybridized carbons (Fsp3) is 0.500. The molecule has 0 nitrogen and oxygen atoms in total. The Morgan fingerprint density at radius 2 is 1.61 bits per heavy atom. The summed E-state index contributed by atoms with van der Waals surface area (Å²) in [5.41, 5.74) is 9.65. The van der Waals surface area contributed by atoms with Crippen molar-refractivity contribution in [3.63, 3.8) is 0 Å². The molecule has 0 saturated carbocycles. The number of rotatable bonds is 6. The van der Waals surface area contributed by atoms with Gasteiger partial charge in [0.05, 0.1) is 0 Å². The van der Waals surface area contributed by atoms with Gasteiger partial charge in [0.2, 0.25) is 0 Å². The van der Waals surface area contributed by atoms with E-state index < -0.39 is 0 Å². The van der Waals surface area contributed by atoms with Crippen LogP contribution in [0.4, 0.5) is 0 Å². The first kappa shape index (κ1) is 24.7. The van der Waals surface area contributed by atoms with Crippen molar-refractivity contribution in [3.8, 4) is 0 Å². The SMILES string of the molecule is B=C(CC(C)(c1cc(C)c(C)c(Cl)c1)C(C)(C)C)/C(C)=C/C(C)=C(\C)C(=C)C. The van der Waals surface area contributed by atoms with Crippen LogP contribution < -0.4 is 0 Å². The number of allylic oxidation sites excluding steroid dienone is 5. The molecule has 28 heavy (non-hydrogen) atoms. The van der Waals surface area contributed by atoms with Crippen molar-refractivity contribution >= 4 is 24.6 Å². The van der Waals surface area contributed by atoms with Crippen LogP contribution in [-0.2, 0) is 5.41 Å². The summed E-state index contributed by atoms with van der Waals surface area (Å²) in [6.45, 7) is 26.0. The van der Waals surface area contributed by atoms with E-state index in [4.69, 9.17) is 11.6 Å². The molecule has 0 aromatic heterocycles. The summed E-state index contributed by atoms with van der Waals surface area (Å²) < 4.78 is 0. The summed E-state index contributed by atoms with van der Waals surface area (Å²) in [6.07, 6.45) is 3.12. The van der Waals surface area contributed by atoms with Gasteiger partial charge in [0.1, 0.15) is 0 Å². The summed E-state index contributed by atoms with van der Waals surface area (Å²) in [5, 5.41) is 0.846. The molecule has 0 amide bonds. The molecule has 0 aliphatic rings. The zero-order chi connectivity index (χ0) is 22.0. The Bertz CT molecular complexity index is 823. The monoisotopic (exact) mass is 396 g/mol. The predicted octanol–water partition coefficient (Wildman–Crippen LogP) is 7.58. The topological polar surface area (TPSA) is 0 Å². The van der Waals surface area contributed by atoms with Crippen molar-refractivity contribution in [2.24, 2.45) is 5.41 Å². The summed E-state index contributed by atoms with van der Waals surface area (Å²) in [7, 11) is 4.45. The van der Waals surface area contributed by atoms with E-state index in [1.807, 2.05) is 0 Å². The van der Waals surface area contributed by atoms with Crippen LogP contribution >= 0.6 is 11.6 Å². The van der Waals surface area contributed by atoms with Crippen LogP contribution in [0.2, 0.25) is 5.02 Å². The van der Waals surface area contributed by atoms with E-state index in [9.17, 15) is 0 Å². The van der Waals surface area contributed by atoms with Crippen molar-refractivity contribution in [3.05, 3.63) is 68.8 Å². The van der Waals surface area contributed by atoms with Crippen molar-refractivity contribution in [2.45, 2.75) is 81.1 Å². The summed E-state index contributed by atoms with van der Waals surface area (Å²) >= 11 is 6.56. The molecule has 0 heterocycles. The Morgan fingerprint density at radius 1 is 1.07 bits per heavy atom. The first-order valence-electron chi connectivity index (χ1n) is 10.1. The van der Waals surface area contributed by atoms with Crippen molar-refractivity contribution < 1.29 is 0 Å². The molecule has 0 radical (unpaired) electrons. The van der Waals surface area contributed by atoms with E-state index in [0.717, 1.165) is 22.6 Å². The Balaban J connectivity index is 3.40. The molecule has 1 aromatic rings. The van der Waals surface area contributed by atoms with Crippen molar-refractivity contribution in [1.82, 2.24) is 0 Å². The van der Waals surface area contributed by atoms with E-state index in [2.05, 4.69) is 102 Å². The van der Waals surface area contributed by atoms with Crippen LogP contribution in [0, 0.1) is 19.3 Å². The second kappa shape index (κ2) is 8.99. The van der Waals surface area contributed by atoms with E-state index in [0.29, 0.717) is 0 Å². The third kappa shape index (κ3) is 5.38. The quantitative estimate of drug-likeness (QED) is 0.343. The summed E-state index contributed by atoms with van der Waals surface area (Å²) in [5.74, 6) is 0. The van der Waals surface area contributed by atoms with Crippen LogP contribution in [0.25, 0.3) is 0 Å². The van der Waals surface area contributed by atoms with Gasteiger partial charge in [-0.25, -0.2) is 0 Å². The number of aryl methyl sites for hydroxylation is 1. The van der Waals surface area contributed by atoms with Crippen LogP contribution in [0.3, 0.4) is 0 Å². The minimum absolute atomic E-state index is 0.0553. The summed E-state index contributed by atoms with van der Waals surface area (Å²) in [6, 6.07) is 4.45. The van der Waals surface area contributed by atoms with Gasteiger partial charge in [-0.1, -0.05) is 0 Å². The standard InChI is InChI=1S/C26H38BCl/c1-16(2)20(6)17(3)12-19(5)23(27)15-26(11,25(8,9)10)22-13-18(4)21(7)24(28)14-22/h12-14,27H,1,15H2,2-11H3/b19-12+,20-17+. The Labute approximate surface area is 179 Å². The normalized spacial score (nSPS) is 15.7. The molecule has 1 aromatic carbocycles. The van der Waals surface area contributed by atoms with Crippen molar-refractivity contribution in [1.29, 1.82) is 0 Å². The summed E-state index contributed by atoms with van der Waals surface area (Å²) in [4.78, 5) is 0. The van der Waals surface area contributed by atoms with E-state index >= 15 is 0 Å². The van der Waals surface area contributed by atoms with Gasteiger partial charge in [-0.15, -0.1) is 0 Å². The average Bonchev–Trinajstić information content (AvgIpc) is 2.56. The Hall–Kier alpha value is -1.34. The number of hydrogen-bond acceptors (Lipinski definition) is 0. The first-order chi connectivity index (χ1) is 12.6. The number of hydrogen-bond donors (Lipinski definition) is 0. The van der Waals surface area contributed by atoms with Gasteiger partial charge in [-0.3, -0.25) is 0 Å². The van der Waals surface area contributed by atoms with Gasteiger partial charge in [0.15, 0.2) is 0 Å². The molecule has 0 spiro atoms. The van der Waals surface area contributed by atoms with E-state index in [1.54, 1.807) is 0 Å². The third-order valence-electron chi connectivity index (χ3n) is 6.69. The zero-order valence-electron chi connectivity index (χ0n) is 19.7. The minimum atomic E-state index is -0.0811. The molecule has 0 saturated heterocycles. The van der Waals surface area contributed by atoms with E-state index in [1.165, 1.54) is 33.3 Å². The van der Waals surface area contributed by atoms with Gasteiger partial charge in [-0.2, -0.15) is 0 Å². The van der Waals surface area contributed by atoms with Crippen LogP contribution in [0.5, 0.6) is 0 Å². The molecule has 0 N–H and O–H groups in total. The second-order valence-electron chi connectivity index (χ2n) is 9.68. The molecule has 0 aliphatic carbocycles. The molecular weight excluding hydrogens is 359 g/mol. The molecule has 0 bridgehead atoms. The second-order valence-corrected chi connectivity index (χ2v) is 10.1.